The van der Waals surface area contributed by atoms with Crippen molar-refractivity contribution in [2.45, 2.75) is 58.3 Å². The normalized spacial score (nSPS) is 14.5. The van der Waals surface area contributed by atoms with Crippen LogP contribution in [-0.4, -0.2) is 10.2 Å². The van der Waals surface area contributed by atoms with E-state index >= 15 is 0 Å². The Morgan fingerprint density at radius 1 is 1.00 bits per heavy atom. The molecule has 0 heterocycles. The molecule has 2 nitrogen and oxygen atoms in total. The highest BCUT2D eigenvalue weighted by molar-refractivity contribution is 5.40. The van der Waals surface area contributed by atoms with Crippen molar-refractivity contribution in [3.63, 3.8) is 0 Å². The van der Waals surface area contributed by atoms with Gasteiger partial charge in [0.1, 0.15) is 11.5 Å². The Morgan fingerprint density at radius 2 is 1.59 bits per heavy atom. The Kier molecular flexibility index (Phi) is 4.86. The minimum absolute atomic E-state index is 0.0470. The average molecular weight is 236 g/mol. The number of phenolic OH excluding ortho intramolecular Hbond substituents is 2. The molecule has 17 heavy (non-hydrogen) atoms. The minimum atomic E-state index is 0.0470. The summed E-state index contributed by atoms with van der Waals surface area (Å²) in [6, 6.07) is 4.93. The summed E-state index contributed by atoms with van der Waals surface area (Å²) in [6.45, 7) is 6.56. The minimum Gasteiger partial charge on any atom is -0.508 e. The van der Waals surface area contributed by atoms with Gasteiger partial charge in [0, 0.05) is 6.07 Å². The Hall–Kier alpha value is -1.18. The van der Waals surface area contributed by atoms with Crippen LogP contribution in [0.2, 0.25) is 0 Å². The van der Waals surface area contributed by atoms with Gasteiger partial charge < -0.3 is 10.2 Å². The van der Waals surface area contributed by atoms with Crippen LogP contribution in [0, 0.1) is 0 Å². The SMILES string of the molecule is CCCCCC(C)(CC)c1cc(O)cc(O)c1. The molecule has 0 radical (unpaired) electrons. The van der Waals surface area contributed by atoms with Crippen LogP contribution in [0.4, 0.5) is 0 Å². The fourth-order valence-electron chi connectivity index (χ4n) is 2.23. The molecule has 1 atom stereocenters. The second-order valence-electron chi connectivity index (χ2n) is 5.11. The van der Waals surface area contributed by atoms with Gasteiger partial charge >= 0.3 is 0 Å². The zero-order chi connectivity index (χ0) is 12.9. The Morgan fingerprint density at radius 3 is 2.06 bits per heavy atom. The number of rotatable bonds is 6. The van der Waals surface area contributed by atoms with Crippen molar-refractivity contribution in [1.29, 1.82) is 0 Å². The third-order valence-electron chi connectivity index (χ3n) is 3.71. The topological polar surface area (TPSA) is 40.5 Å². The second kappa shape index (κ2) is 5.95. The Bertz CT molecular complexity index is 340. The molecule has 0 aliphatic carbocycles. The van der Waals surface area contributed by atoms with Crippen LogP contribution in [-0.2, 0) is 5.41 Å². The van der Waals surface area contributed by atoms with Gasteiger partial charge in [-0.2, -0.15) is 0 Å². The maximum Gasteiger partial charge on any atom is 0.119 e. The fourth-order valence-corrected chi connectivity index (χ4v) is 2.23. The van der Waals surface area contributed by atoms with Gasteiger partial charge in [-0.25, -0.2) is 0 Å². The number of benzene rings is 1. The first-order valence-electron chi connectivity index (χ1n) is 6.55. The van der Waals surface area contributed by atoms with Crippen LogP contribution in [0.3, 0.4) is 0 Å². The highest BCUT2D eigenvalue weighted by Gasteiger charge is 2.24. The first-order valence-corrected chi connectivity index (χ1v) is 6.55. The predicted octanol–water partition coefficient (Wildman–Crippen LogP) is 4.35. The van der Waals surface area contributed by atoms with Gasteiger partial charge in [0.05, 0.1) is 0 Å². The smallest absolute Gasteiger partial charge is 0.119 e. The average Bonchev–Trinajstić information content (AvgIpc) is 2.28. The largest absolute Gasteiger partial charge is 0.508 e. The lowest BCUT2D eigenvalue weighted by atomic mass is 9.76. The summed E-state index contributed by atoms with van der Waals surface area (Å²) in [4.78, 5) is 0. The molecule has 2 heteroatoms. The second-order valence-corrected chi connectivity index (χ2v) is 5.11. The maximum absolute atomic E-state index is 9.56. The molecule has 0 spiro atoms. The summed E-state index contributed by atoms with van der Waals surface area (Å²) < 4.78 is 0. The van der Waals surface area contributed by atoms with E-state index in [0.717, 1.165) is 18.4 Å². The van der Waals surface area contributed by atoms with E-state index in [1.807, 2.05) is 0 Å². The quantitative estimate of drug-likeness (QED) is 0.721. The summed E-state index contributed by atoms with van der Waals surface area (Å²) in [5.74, 6) is 0.297. The van der Waals surface area contributed by atoms with Crippen LogP contribution >= 0.6 is 0 Å². The van der Waals surface area contributed by atoms with Crippen molar-refractivity contribution in [3.05, 3.63) is 23.8 Å². The first-order chi connectivity index (χ1) is 8.01. The fraction of sp³-hybridized carbons (Fsp3) is 0.600. The summed E-state index contributed by atoms with van der Waals surface area (Å²) >= 11 is 0. The van der Waals surface area contributed by atoms with Crippen molar-refractivity contribution < 1.29 is 10.2 Å². The molecule has 96 valence electrons. The summed E-state index contributed by atoms with van der Waals surface area (Å²) in [5, 5.41) is 19.1. The van der Waals surface area contributed by atoms with Crippen molar-refractivity contribution in [3.8, 4) is 11.5 Å². The molecule has 0 bridgehead atoms. The molecule has 1 aromatic carbocycles. The standard InChI is InChI=1S/C15H24O2/c1-4-6-7-8-15(3,5-2)12-9-13(16)11-14(17)10-12/h9-11,16-17H,4-8H2,1-3H3. The van der Waals surface area contributed by atoms with Gasteiger partial charge in [-0.3, -0.25) is 0 Å². The predicted molar refractivity (Wildman–Crippen MR) is 71.6 cm³/mol. The maximum atomic E-state index is 9.56. The number of phenols is 2. The summed E-state index contributed by atoms with van der Waals surface area (Å²) in [6.07, 6.45) is 5.75. The number of unbranched alkanes of at least 4 members (excludes halogenated alkanes) is 2. The van der Waals surface area contributed by atoms with Crippen LogP contribution in [0.25, 0.3) is 0 Å². The lowest BCUT2D eigenvalue weighted by Crippen LogP contribution is -2.20. The molecule has 0 saturated carbocycles. The lowest BCUT2D eigenvalue weighted by molar-refractivity contribution is 0.389. The van der Waals surface area contributed by atoms with E-state index in [1.54, 1.807) is 12.1 Å². The van der Waals surface area contributed by atoms with Crippen LogP contribution in [0.5, 0.6) is 11.5 Å². The van der Waals surface area contributed by atoms with Crippen LogP contribution in [0.1, 0.15) is 58.4 Å². The Balaban J connectivity index is 2.90. The molecule has 0 aliphatic rings. The zero-order valence-electron chi connectivity index (χ0n) is 11.2. The highest BCUT2D eigenvalue weighted by Crippen LogP contribution is 2.36. The van der Waals surface area contributed by atoms with Crippen molar-refractivity contribution in [2.75, 3.05) is 0 Å². The van der Waals surface area contributed by atoms with E-state index in [-0.39, 0.29) is 16.9 Å². The van der Waals surface area contributed by atoms with Gasteiger partial charge in [-0.05, 0) is 36.0 Å². The van der Waals surface area contributed by atoms with E-state index in [4.69, 9.17) is 0 Å². The van der Waals surface area contributed by atoms with Crippen molar-refractivity contribution >= 4 is 0 Å². The lowest BCUT2D eigenvalue weighted by Gasteiger charge is -2.29. The monoisotopic (exact) mass is 236 g/mol. The highest BCUT2D eigenvalue weighted by atomic mass is 16.3. The molecule has 0 fully saturated rings. The third kappa shape index (κ3) is 3.65. The Labute approximate surface area is 104 Å². The van der Waals surface area contributed by atoms with E-state index in [1.165, 1.54) is 25.3 Å². The van der Waals surface area contributed by atoms with Crippen LogP contribution < -0.4 is 0 Å². The van der Waals surface area contributed by atoms with E-state index in [0.29, 0.717) is 0 Å². The molecule has 0 aliphatic heterocycles. The van der Waals surface area contributed by atoms with E-state index in [2.05, 4.69) is 20.8 Å². The van der Waals surface area contributed by atoms with Gasteiger partial charge in [0.2, 0.25) is 0 Å². The zero-order valence-corrected chi connectivity index (χ0v) is 11.2. The van der Waals surface area contributed by atoms with Crippen molar-refractivity contribution in [2.24, 2.45) is 0 Å². The third-order valence-corrected chi connectivity index (χ3v) is 3.71. The summed E-state index contributed by atoms with van der Waals surface area (Å²) in [7, 11) is 0. The van der Waals surface area contributed by atoms with E-state index < -0.39 is 0 Å². The molecule has 0 aromatic heterocycles. The number of hydrogen-bond donors (Lipinski definition) is 2. The van der Waals surface area contributed by atoms with Gasteiger partial charge in [-0.15, -0.1) is 0 Å². The molecular formula is C15H24O2. The molecular weight excluding hydrogens is 212 g/mol. The summed E-state index contributed by atoms with van der Waals surface area (Å²) in [5.41, 5.74) is 1.08. The van der Waals surface area contributed by atoms with Gasteiger partial charge in [-0.1, -0.05) is 40.0 Å². The molecule has 1 aromatic rings. The molecule has 1 unspecified atom stereocenters. The van der Waals surface area contributed by atoms with Gasteiger partial charge in [0.15, 0.2) is 0 Å². The first kappa shape index (κ1) is 13.9. The van der Waals surface area contributed by atoms with Crippen molar-refractivity contribution in [1.82, 2.24) is 0 Å². The molecule has 1 rings (SSSR count). The molecule has 0 amide bonds. The van der Waals surface area contributed by atoms with Crippen LogP contribution in [0.15, 0.2) is 18.2 Å². The van der Waals surface area contributed by atoms with Gasteiger partial charge in [0.25, 0.3) is 0 Å². The molecule has 0 saturated heterocycles. The van der Waals surface area contributed by atoms with E-state index in [9.17, 15) is 10.2 Å². The molecule has 2 N–H and O–H groups in total. The number of hydrogen-bond acceptors (Lipinski definition) is 2. The number of aromatic hydroxyl groups is 2.